The molecule has 4 heteroatoms. The number of methoxy groups -OCH3 is 1. The Labute approximate surface area is 120 Å². The highest BCUT2D eigenvalue weighted by molar-refractivity contribution is 7.09. The molecule has 0 radical (unpaired) electrons. The molecule has 1 aliphatic rings. The predicted octanol–water partition coefficient (Wildman–Crippen LogP) is 3.91. The number of hydrogen-bond donors (Lipinski definition) is 1. The summed E-state index contributed by atoms with van der Waals surface area (Å²) in [6, 6.07) is 0. The van der Waals surface area contributed by atoms with Gasteiger partial charge in [0.15, 0.2) is 0 Å². The van der Waals surface area contributed by atoms with E-state index in [1.165, 1.54) is 43.5 Å². The minimum absolute atomic E-state index is 0.213. The van der Waals surface area contributed by atoms with Gasteiger partial charge in [-0.1, -0.05) is 26.2 Å². The standard InChI is InChI=1S/C15H26N2OS/c1-3-9-16-10-13-11-19-15(17-13)14(18-2)12-7-5-4-6-8-12/h11-12,14,16H,3-10H2,1-2H3. The lowest BCUT2D eigenvalue weighted by Gasteiger charge is -2.27. The van der Waals surface area contributed by atoms with Crippen molar-refractivity contribution >= 4 is 11.3 Å². The third-order valence-corrected chi connectivity index (χ3v) is 4.83. The average Bonchev–Trinajstić information content (AvgIpc) is 2.90. The van der Waals surface area contributed by atoms with Gasteiger partial charge >= 0.3 is 0 Å². The van der Waals surface area contributed by atoms with Crippen LogP contribution in [0, 0.1) is 5.92 Å². The summed E-state index contributed by atoms with van der Waals surface area (Å²) in [4.78, 5) is 4.76. The van der Waals surface area contributed by atoms with Crippen molar-refractivity contribution in [1.29, 1.82) is 0 Å². The Morgan fingerprint density at radius 2 is 2.21 bits per heavy atom. The Kier molecular flexibility index (Phi) is 6.28. The first-order valence-corrected chi connectivity index (χ1v) is 8.41. The molecular formula is C15H26N2OS. The third kappa shape index (κ3) is 4.26. The molecule has 0 spiro atoms. The summed E-state index contributed by atoms with van der Waals surface area (Å²) in [6.07, 6.45) is 8.05. The van der Waals surface area contributed by atoms with E-state index in [1.807, 2.05) is 7.11 Å². The molecule has 108 valence electrons. The lowest BCUT2D eigenvalue weighted by Crippen LogP contribution is -2.18. The topological polar surface area (TPSA) is 34.1 Å². The van der Waals surface area contributed by atoms with E-state index in [1.54, 1.807) is 11.3 Å². The normalized spacial score (nSPS) is 18.6. The van der Waals surface area contributed by atoms with Gasteiger partial charge < -0.3 is 10.1 Å². The van der Waals surface area contributed by atoms with E-state index in [2.05, 4.69) is 17.6 Å². The van der Waals surface area contributed by atoms with E-state index in [4.69, 9.17) is 9.72 Å². The summed E-state index contributed by atoms with van der Waals surface area (Å²) in [5.74, 6) is 0.668. The second-order valence-electron chi connectivity index (χ2n) is 5.41. The number of nitrogens with zero attached hydrogens (tertiary/aromatic N) is 1. The summed E-state index contributed by atoms with van der Waals surface area (Å²) in [5, 5.41) is 6.75. The molecule has 1 fully saturated rings. The van der Waals surface area contributed by atoms with Crippen LogP contribution in [0.15, 0.2) is 5.38 Å². The van der Waals surface area contributed by atoms with Crippen LogP contribution in [0.4, 0.5) is 0 Å². The molecule has 0 aliphatic heterocycles. The van der Waals surface area contributed by atoms with Crippen LogP contribution in [0.2, 0.25) is 0 Å². The molecular weight excluding hydrogens is 256 g/mol. The van der Waals surface area contributed by atoms with Crippen molar-refractivity contribution in [3.05, 3.63) is 16.1 Å². The van der Waals surface area contributed by atoms with Crippen LogP contribution in [0.25, 0.3) is 0 Å². The van der Waals surface area contributed by atoms with Gasteiger partial charge in [-0.2, -0.15) is 0 Å². The first-order valence-electron chi connectivity index (χ1n) is 7.53. The fourth-order valence-corrected chi connectivity index (χ4v) is 3.85. The van der Waals surface area contributed by atoms with Gasteiger partial charge in [0.1, 0.15) is 11.1 Å². The quantitative estimate of drug-likeness (QED) is 0.770. The number of aromatic nitrogens is 1. The molecule has 1 aliphatic carbocycles. The Hall–Kier alpha value is -0.450. The maximum absolute atomic E-state index is 5.74. The maximum Gasteiger partial charge on any atom is 0.122 e. The molecule has 1 atom stereocenters. The summed E-state index contributed by atoms with van der Waals surface area (Å²) in [5.41, 5.74) is 1.16. The number of rotatable bonds is 7. The van der Waals surface area contributed by atoms with Crippen molar-refractivity contribution in [3.63, 3.8) is 0 Å². The minimum atomic E-state index is 0.213. The lowest BCUT2D eigenvalue weighted by molar-refractivity contribution is 0.0351. The van der Waals surface area contributed by atoms with Crippen molar-refractivity contribution in [2.75, 3.05) is 13.7 Å². The van der Waals surface area contributed by atoms with E-state index in [-0.39, 0.29) is 6.10 Å². The molecule has 1 aromatic heterocycles. The molecule has 0 saturated heterocycles. The van der Waals surface area contributed by atoms with Crippen molar-refractivity contribution in [3.8, 4) is 0 Å². The van der Waals surface area contributed by atoms with E-state index in [0.29, 0.717) is 5.92 Å². The van der Waals surface area contributed by atoms with Crippen molar-refractivity contribution in [2.45, 2.75) is 58.1 Å². The van der Waals surface area contributed by atoms with Crippen LogP contribution in [-0.4, -0.2) is 18.6 Å². The Balaban J connectivity index is 1.94. The number of thiazole rings is 1. The second-order valence-corrected chi connectivity index (χ2v) is 6.30. The van der Waals surface area contributed by atoms with Gasteiger partial charge in [-0.05, 0) is 31.7 Å². The molecule has 3 nitrogen and oxygen atoms in total. The zero-order chi connectivity index (χ0) is 13.5. The zero-order valence-electron chi connectivity index (χ0n) is 12.2. The molecule has 2 rings (SSSR count). The van der Waals surface area contributed by atoms with Gasteiger partial charge in [0.2, 0.25) is 0 Å². The predicted molar refractivity (Wildman–Crippen MR) is 80.4 cm³/mol. The van der Waals surface area contributed by atoms with Crippen molar-refractivity contribution in [1.82, 2.24) is 10.3 Å². The van der Waals surface area contributed by atoms with Crippen LogP contribution in [0.1, 0.15) is 62.3 Å². The summed E-state index contributed by atoms with van der Waals surface area (Å²) in [7, 11) is 1.83. The molecule has 0 bridgehead atoms. The van der Waals surface area contributed by atoms with E-state index < -0.39 is 0 Å². The fraction of sp³-hybridized carbons (Fsp3) is 0.800. The summed E-state index contributed by atoms with van der Waals surface area (Å²) in [6.45, 7) is 4.12. The van der Waals surface area contributed by atoms with E-state index >= 15 is 0 Å². The molecule has 0 amide bonds. The third-order valence-electron chi connectivity index (χ3n) is 3.88. The largest absolute Gasteiger partial charge is 0.374 e. The number of hydrogen-bond acceptors (Lipinski definition) is 4. The Morgan fingerprint density at radius 1 is 1.42 bits per heavy atom. The Morgan fingerprint density at radius 3 is 2.89 bits per heavy atom. The second kappa shape index (κ2) is 7.98. The number of ether oxygens (including phenoxy) is 1. The van der Waals surface area contributed by atoms with Crippen molar-refractivity contribution in [2.24, 2.45) is 5.92 Å². The highest BCUT2D eigenvalue weighted by Gasteiger charge is 2.27. The summed E-state index contributed by atoms with van der Waals surface area (Å²) < 4.78 is 5.74. The van der Waals surface area contributed by atoms with Gasteiger partial charge in [-0.25, -0.2) is 4.98 Å². The SMILES string of the molecule is CCCNCc1csc(C(OC)C2CCCCC2)n1. The maximum atomic E-state index is 5.74. The fourth-order valence-electron chi connectivity index (χ4n) is 2.86. The van der Waals surface area contributed by atoms with Crippen LogP contribution < -0.4 is 5.32 Å². The van der Waals surface area contributed by atoms with Crippen LogP contribution in [0.3, 0.4) is 0 Å². The minimum Gasteiger partial charge on any atom is -0.374 e. The van der Waals surface area contributed by atoms with E-state index in [9.17, 15) is 0 Å². The first kappa shape index (κ1) is 14.9. The molecule has 1 aromatic rings. The summed E-state index contributed by atoms with van der Waals surface area (Å²) >= 11 is 1.76. The highest BCUT2D eigenvalue weighted by Crippen LogP contribution is 2.37. The molecule has 1 N–H and O–H groups in total. The Bertz CT molecular complexity index is 361. The average molecular weight is 282 g/mol. The lowest BCUT2D eigenvalue weighted by atomic mass is 9.85. The molecule has 1 saturated carbocycles. The first-order chi connectivity index (χ1) is 9.35. The molecule has 19 heavy (non-hydrogen) atoms. The van der Waals surface area contributed by atoms with Gasteiger partial charge in [-0.3, -0.25) is 0 Å². The number of nitrogens with one attached hydrogen (secondary N) is 1. The van der Waals surface area contributed by atoms with Gasteiger partial charge in [-0.15, -0.1) is 11.3 Å². The molecule has 1 heterocycles. The van der Waals surface area contributed by atoms with Crippen LogP contribution in [-0.2, 0) is 11.3 Å². The van der Waals surface area contributed by atoms with Crippen LogP contribution >= 0.6 is 11.3 Å². The monoisotopic (exact) mass is 282 g/mol. The van der Waals surface area contributed by atoms with Gasteiger partial charge in [0.25, 0.3) is 0 Å². The zero-order valence-corrected chi connectivity index (χ0v) is 13.0. The molecule has 0 aromatic carbocycles. The van der Waals surface area contributed by atoms with Gasteiger partial charge in [0, 0.05) is 19.0 Å². The van der Waals surface area contributed by atoms with E-state index in [0.717, 1.165) is 18.8 Å². The smallest absolute Gasteiger partial charge is 0.122 e. The highest BCUT2D eigenvalue weighted by atomic mass is 32.1. The molecule has 1 unspecified atom stereocenters. The van der Waals surface area contributed by atoms with Gasteiger partial charge in [0.05, 0.1) is 5.69 Å². The van der Waals surface area contributed by atoms with Crippen molar-refractivity contribution < 1.29 is 4.74 Å². The van der Waals surface area contributed by atoms with Crippen LogP contribution in [0.5, 0.6) is 0 Å².